The van der Waals surface area contributed by atoms with E-state index < -0.39 is 0 Å². The zero-order chi connectivity index (χ0) is 16.4. The lowest BCUT2D eigenvalue weighted by atomic mass is 10.1. The van der Waals surface area contributed by atoms with Crippen LogP contribution in [0.15, 0.2) is 47.6 Å². The molecule has 116 valence electrons. The predicted molar refractivity (Wildman–Crippen MR) is 97.0 cm³/mol. The summed E-state index contributed by atoms with van der Waals surface area (Å²) in [7, 11) is 0. The van der Waals surface area contributed by atoms with Crippen LogP contribution >= 0.6 is 35.4 Å². The topological polar surface area (TPSA) is 46.0 Å². The number of nitrogens with one attached hydrogen (secondary N) is 1. The first-order valence-corrected chi connectivity index (χ1v) is 7.95. The van der Waals surface area contributed by atoms with E-state index in [0.29, 0.717) is 20.6 Å². The van der Waals surface area contributed by atoms with Crippen LogP contribution in [0.25, 0.3) is 11.4 Å². The Balaban J connectivity index is 2.02. The molecule has 1 N–H and O–H groups in total. The zero-order valence-corrected chi connectivity index (χ0v) is 14.5. The van der Waals surface area contributed by atoms with Gasteiger partial charge < -0.3 is 0 Å². The maximum atomic E-state index is 6.01. The highest BCUT2D eigenvalue weighted by Crippen LogP contribution is 2.23. The molecule has 0 radical (unpaired) electrons. The number of halogens is 2. The van der Waals surface area contributed by atoms with E-state index in [2.05, 4.69) is 15.3 Å². The molecule has 0 aliphatic carbocycles. The molecule has 0 unspecified atom stereocenters. The second-order valence-corrected chi connectivity index (χ2v) is 6.10. The molecule has 3 rings (SSSR count). The lowest BCUT2D eigenvalue weighted by Crippen LogP contribution is -1.96. The number of aromatic amines is 1. The van der Waals surface area contributed by atoms with E-state index in [1.165, 1.54) is 0 Å². The first-order valence-electron chi connectivity index (χ1n) is 6.79. The summed E-state index contributed by atoms with van der Waals surface area (Å²) < 4.78 is 2.00. The van der Waals surface area contributed by atoms with Gasteiger partial charge >= 0.3 is 0 Å². The molecule has 0 bridgehead atoms. The van der Waals surface area contributed by atoms with Crippen LogP contribution in [0.3, 0.4) is 0 Å². The second kappa shape index (κ2) is 6.66. The predicted octanol–water partition coefficient (Wildman–Crippen LogP) is 5.11. The smallest absolute Gasteiger partial charge is 0.216 e. The van der Waals surface area contributed by atoms with E-state index in [0.717, 1.165) is 16.7 Å². The summed E-state index contributed by atoms with van der Waals surface area (Å²) in [6, 6.07) is 13.2. The lowest BCUT2D eigenvalue weighted by Gasteiger charge is -2.04. The van der Waals surface area contributed by atoms with Gasteiger partial charge in [0.05, 0.1) is 16.3 Å². The molecule has 7 heteroatoms. The number of rotatable bonds is 3. The van der Waals surface area contributed by atoms with Gasteiger partial charge in [0.15, 0.2) is 5.82 Å². The van der Waals surface area contributed by atoms with Crippen LogP contribution in [-0.2, 0) is 0 Å². The van der Waals surface area contributed by atoms with Crippen molar-refractivity contribution in [2.75, 3.05) is 0 Å². The van der Waals surface area contributed by atoms with Crippen molar-refractivity contribution < 1.29 is 0 Å². The van der Waals surface area contributed by atoms with Crippen LogP contribution in [0.2, 0.25) is 10.0 Å². The van der Waals surface area contributed by atoms with E-state index in [1.807, 2.05) is 37.3 Å². The molecule has 1 heterocycles. The zero-order valence-electron chi connectivity index (χ0n) is 12.1. The average molecular weight is 363 g/mol. The largest absolute Gasteiger partial charge is 0.250 e. The van der Waals surface area contributed by atoms with Crippen molar-refractivity contribution in [3.05, 3.63) is 68.4 Å². The van der Waals surface area contributed by atoms with Crippen molar-refractivity contribution >= 4 is 41.6 Å². The van der Waals surface area contributed by atoms with Crippen molar-refractivity contribution in [3.63, 3.8) is 0 Å². The fourth-order valence-electron chi connectivity index (χ4n) is 2.11. The van der Waals surface area contributed by atoms with Gasteiger partial charge in [-0.2, -0.15) is 14.9 Å². The third kappa shape index (κ3) is 3.37. The maximum absolute atomic E-state index is 6.01. The summed E-state index contributed by atoms with van der Waals surface area (Å²) in [6.45, 7) is 2.01. The van der Waals surface area contributed by atoms with Crippen LogP contribution in [-0.4, -0.2) is 21.1 Å². The van der Waals surface area contributed by atoms with Gasteiger partial charge in [0.1, 0.15) is 0 Å². The van der Waals surface area contributed by atoms with E-state index in [9.17, 15) is 0 Å². The van der Waals surface area contributed by atoms with Crippen molar-refractivity contribution in [1.82, 2.24) is 14.9 Å². The molecule has 0 saturated carbocycles. The molecule has 23 heavy (non-hydrogen) atoms. The Hall–Kier alpha value is -1.95. The molecule has 0 aliphatic heterocycles. The van der Waals surface area contributed by atoms with Gasteiger partial charge in [-0.1, -0.05) is 53.5 Å². The molecule has 0 amide bonds. The van der Waals surface area contributed by atoms with Crippen LogP contribution in [0, 0.1) is 11.7 Å². The minimum Gasteiger partial charge on any atom is -0.250 e. The highest BCUT2D eigenvalue weighted by atomic mass is 35.5. The molecular formula is C16H12Cl2N4S. The average Bonchev–Trinajstić information content (AvgIpc) is 2.90. The molecule has 0 atom stereocenters. The van der Waals surface area contributed by atoms with Gasteiger partial charge in [0, 0.05) is 5.56 Å². The fourth-order valence-corrected chi connectivity index (χ4v) is 2.60. The number of hydrogen-bond acceptors (Lipinski definition) is 3. The Morgan fingerprint density at radius 3 is 2.70 bits per heavy atom. The standard InChI is InChI=1S/C16H12Cl2N4S/c1-10-4-2-3-5-12(10)15-20-21-16(23)22(15)19-9-11-6-7-13(17)14(18)8-11/h2-9H,1H3,(H,21,23)/b19-9+. The highest BCUT2D eigenvalue weighted by Gasteiger charge is 2.10. The minimum absolute atomic E-state index is 0.416. The number of hydrogen-bond donors (Lipinski definition) is 1. The Labute approximate surface area is 148 Å². The van der Waals surface area contributed by atoms with Crippen LogP contribution < -0.4 is 0 Å². The Bertz CT molecular complexity index is 943. The summed E-state index contributed by atoms with van der Waals surface area (Å²) >= 11 is 17.2. The number of aromatic nitrogens is 3. The van der Waals surface area contributed by atoms with Crippen molar-refractivity contribution in [3.8, 4) is 11.4 Å². The van der Waals surface area contributed by atoms with Gasteiger partial charge in [0.2, 0.25) is 4.77 Å². The second-order valence-electron chi connectivity index (χ2n) is 4.90. The quantitative estimate of drug-likeness (QED) is 0.520. The number of aryl methyl sites for hydroxylation is 1. The lowest BCUT2D eigenvalue weighted by molar-refractivity contribution is 0.871. The molecular weight excluding hydrogens is 351 g/mol. The molecule has 0 saturated heterocycles. The van der Waals surface area contributed by atoms with E-state index in [-0.39, 0.29) is 0 Å². The van der Waals surface area contributed by atoms with Gasteiger partial charge in [0.25, 0.3) is 0 Å². The molecule has 1 aromatic heterocycles. The number of nitrogens with zero attached hydrogens (tertiary/aromatic N) is 3. The molecule has 0 spiro atoms. The minimum atomic E-state index is 0.416. The Kier molecular flexibility index (Phi) is 4.61. The SMILES string of the molecule is Cc1ccccc1-c1n[nH]c(=S)n1/N=C/c1ccc(Cl)c(Cl)c1. The normalized spacial score (nSPS) is 11.3. The third-order valence-corrected chi connectivity index (χ3v) is 4.31. The monoisotopic (exact) mass is 362 g/mol. The van der Waals surface area contributed by atoms with Crippen molar-refractivity contribution in [2.24, 2.45) is 5.10 Å². The van der Waals surface area contributed by atoms with Gasteiger partial charge in [-0.05, 0) is 42.4 Å². The third-order valence-electron chi connectivity index (χ3n) is 3.30. The Morgan fingerprint density at radius 1 is 1.17 bits per heavy atom. The highest BCUT2D eigenvalue weighted by molar-refractivity contribution is 7.71. The van der Waals surface area contributed by atoms with Crippen molar-refractivity contribution in [1.29, 1.82) is 0 Å². The van der Waals surface area contributed by atoms with Crippen LogP contribution in [0.4, 0.5) is 0 Å². The van der Waals surface area contributed by atoms with E-state index >= 15 is 0 Å². The first kappa shape index (κ1) is 15.9. The number of H-pyrrole nitrogens is 1. The molecule has 4 nitrogen and oxygen atoms in total. The molecule has 3 aromatic rings. The van der Waals surface area contributed by atoms with E-state index in [4.69, 9.17) is 35.4 Å². The van der Waals surface area contributed by atoms with E-state index in [1.54, 1.807) is 23.0 Å². The molecule has 0 fully saturated rings. The van der Waals surface area contributed by atoms with Gasteiger partial charge in [-0.25, -0.2) is 5.10 Å². The molecule has 2 aromatic carbocycles. The Morgan fingerprint density at radius 2 is 1.96 bits per heavy atom. The van der Waals surface area contributed by atoms with Gasteiger partial charge in [-0.3, -0.25) is 0 Å². The fraction of sp³-hybridized carbons (Fsp3) is 0.0625. The summed E-state index contributed by atoms with van der Waals surface area (Å²) in [6.07, 6.45) is 1.66. The summed E-state index contributed by atoms with van der Waals surface area (Å²) in [5, 5.41) is 12.4. The summed E-state index contributed by atoms with van der Waals surface area (Å²) in [5.74, 6) is 0.657. The molecule has 0 aliphatic rings. The first-order chi connectivity index (χ1) is 11.1. The van der Waals surface area contributed by atoms with Crippen molar-refractivity contribution in [2.45, 2.75) is 6.92 Å². The maximum Gasteiger partial charge on any atom is 0.216 e. The summed E-state index contributed by atoms with van der Waals surface area (Å²) in [4.78, 5) is 0. The number of benzene rings is 2. The van der Waals surface area contributed by atoms with Crippen LogP contribution in [0.5, 0.6) is 0 Å². The summed E-state index contributed by atoms with van der Waals surface area (Å²) in [5.41, 5.74) is 2.87. The van der Waals surface area contributed by atoms with Crippen LogP contribution in [0.1, 0.15) is 11.1 Å². The van der Waals surface area contributed by atoms with Gasteiger partial charge in [-0.15, -0.1) is 0 Å².